The monoisotopic (exact) mass is 420 g/mol. The molecule has 9 heteroatoms. The number of hydrogen-bond donors (Lipinski definition) is 1. The largest absolute Gasteiger partial charge is 0.330 e. The number of nitrogens with zero attached hydrogens (tertiary/aromatic N) is 5. The molecule has 2 aromatic carbocycles. The minimum atomic E-state index is -0.113. The van der Waals surface area contributed by atoms with Gasteiger partial charge in [-0.2, -0.15) is 4.98 Å². The number of carbonyl (C=O) groups is 1. The summed E-state index contributed by atoms with van der Waals surface area (Å²) in [6, 6.07) is 17.4. The number of nitrogens with one attached hydrogen (secondary N) is 1. The van der Waals surface area contributed by atoms with Gasteiger partial charge in [0.15, 0.2) is 5.16 Å². The maximum Gasteiger partial charge on any atom is 0.296 e. The highest BCUT2D eigenvalue weighted by Gasteiger charge is 2.19. The molecule has 0 atom stereocenters. The second-order valence-corrected chi connectivity index (χ2v) is 7.48. The summed E-state index contributed by atoms with van der Waals surface area (Å²) in [5, 5.41) is 15.8. The van der Waals surface area contributed by atoms with Crippen LogP contribution >= 0.6 is 11.8 Å². The predicted molar refractivity (Wildman–Crippen MR) is 115 cm³/mol. The Hall–Kier alpha value is -3.46. The van der Waals surface area contributed by atoms with E-state index in [0.717, 1.165) is 17.7 Å². The highest BCUT2D eigenvalue weighted by Crippen LogP contribution is 2.24. The number of aromatic nitrogens is 5. The van der Waals surface area contributed by atoms with E-state index in [0.29, 0.717) is 16.8 Å². The molecule has 0 spiro atoms. The van der Waals surface area contributed by atoms with E-state index in [1.165, 1.54) is 17.3 Å². The van der Waals surface area contributed by atoms with Gasteiger partial charge in [-0.25, -0.2) is 0 Å². The summed E-state index contributed by atoms with van der Waals surface area (Å²) in [6.45, 7) is 2.09. The lowest BCUT2D eigenvalue weighted by Gasteiger charge is -2.06. The lowest BCUT2D eigenvalue weighted by Crippen LogP contribution is -2.14. The topological polar surface area (TPSA) is 98.7 Å². The maximum atomic E-state index is 12.3. The van der Waals surface area contributed by atoms with E-state index in [9.17, 15) is 4.79 Å². The number of anilines is 1. The first-order chi connectivity index (χ1) is 14.6. The quantitative estimate of drug-likeness (QED) is 0.454. The molecule has 0 aliphatic carbocycles. The normalized spacial score (nSPS) is 10.9. The Labute approximate surface area is 177 Å². The summed E-state index contributed by atoms with van der Waals surface area (Å²) in [6.07, 6.45) is 0.964. The Morgan fingerprint density at radius 2 is 1.87 bits per heavy atom. The van der Waals surface area contributed by atoms with Crippen molar-refractivity contribution in [1.29, 1.82) is 0 Å². The van der Waals surface area contributed by atoms with Gasteiger partial charge < -0.3 is 14.4 Å². The van der Waals surface area contributed by atoms with Gasteiger partial charge >= 0.3 is 0 Å². The third-order valence-corrected chi connectivity index (χ3v) is 5.48. The number of amides is 1. The third kappa shape index (κ3) is 4.41. The Bertz CT molecular complexity index is 1140. The molecule has 0 aliphatic heterocycles. The van der Waals surface area contributed by atoms with Crippen molar-refractivity contribution >= 4 is 23.4 Å². The zero-order valence-corrected chi connectivity index (χ0v) is 17.4. The van der Waals surface area contributed by atoms with Gasteiger partial charge in [-0.1, -0.05) is 66.3 Å². The van der Waals surface area contributed by atoms with Gasteiger partial charge in [0, 0.05) is 18.3 Å². The minimum Gasteiger partial charge on any atom is -0.330 e. The lowest BCUT2D eigenvalue weighted by atomic mass is 10.1. The molecular weight excluding hydrogens is 400 g/mol. The summed E-state index contributed by atoms with van der Waals surface area (Å²) in [5.41, 5.74) is 2.86. The van der Waals surface area contributed by atoms with Crippen LogP contribution in [0.25, 0.3) is 23.1 Å². The van der Waals surface area contributed by atoms with Gasteiger partial charge in [0.05, 0.1) is 5.75 Å². The summed E-state index contributed by atoms with van der Waals surface area (Å²) in [7, 11) is 1.80. The van der Waals surface area contributed by atoms with Crippen LogP contribution in [0, 0.1) is 0 Å². The molecule has 2 heterocycles. The van der Waals surface area contributed by atoms with E-state index >= 15 is 0 Å². The maximum absolute atomic E-state index is 12.3. The Morgan fingerprint density at radius 3 is 2.60 bits per heavy atom. The second kappa shape index (κ2) is 8.91. The minimum absolute atomic E-state index is 0.113. The Balaban J connectivity index is 1.40. The number of rotatable bonds is 7. The number of hydrogen-bond acceptors (Lipinski definition) is 7. The number of thioether (sulfide) groups is 1. The molecule has 4 rings (SSSR count). The fourth-order valence-corrected chi connectivity index (χ4v) is 3.51. The van der Waals surface area contributed by atoms with Crippen molar-refractivity contribution in [2.45, 2.75) is 18.5 Å². The first kappa shape index (κ1) is 19.8. The molecule has 1 amide bonds. The van der Waals surface area contributed by atoms with Crippen LogP contribution in [0.1, 0.15) is 12.5 Å². The number of carbonyl (C=O) groups excluding carboxylic acids is 1. The summed E-state index contributed by atoms with van der Waals surface area (Å²) in [5.74, 6) is 1.30. The zero-order chi connectivity index (χ0) is 20.9. The van der Waals surface area contributed by atoms with Gasteiger partial charge in [-0.05, 0) is 24.1 Å². The van der Waals surface area contributed by atoms with Crippen LogP contribution in [0.5, 0.6) is 0 Å². The SMILES string of the molecule is CCc1ccc(NC(=O)CSc2nnc(-c3nc(-c4ccccc4)no3)n2C)cc1. The van der Waals surface area contributed by atoms with Crippen molar-refractivity contribution in [1.82, 2.24) is 24.9 Å². The summed E-state index contributed by atoms with van der Waals surface area (Å²) >= 11 is 1.29. The van der Waals surface area contributed by atoms with Crippen molar-refractivity contribution in [3.8, 4) is 23.1 Å². The fourth-order valence-electron chi connectivity index (χ4n) is 2.80. The average Bonchev–Trinajstić information content (AvgIpc) is 3.40. The van der Waals surface area contributed by atoms with Crippen LogP contribution in [0.2, 0.25) is 0 Å². The molecule has 1 N–H and O–H groups in total. The third-order valence-electron chi connectivity index (χ3n) is 4.46. The van der Waals surface area contributed by atoms with E-state index in [4.69, 9.17) is 4.52 Å². The average molecular weight is 420 g/mol. The standard InChI is InChI=1S/C21H20N6O2S/c1-3-14-9-11-16(12-10-14)22-17(28)13-30-21-25-24-19(27(21)2)20-23-18(26-29-20)15-7-5-4-6-8-15/h4-12H,3,13H2,1-2H3,(H,22,28). The van der Waals surface area contributed by atoms with Gasteiger partial charge in [-0.15, -0.1) is 10.2 Å². The van der Waals surface area contributed by atoms with E-state index in [1.54, 1.807) is 11.6 Å². The molecule has 0 unspecified atom stereocenters. The number of benzene rings is 2. The van der Waals surface area contributed by atoms with E-state index in [-0.39, 0.29) is 17.6 Å². The predicted octanol–water partition coefficient (Wildman–Crippen LogP) is 3.83. The highest BCUT2D eigenvalue weighted by molar-refractivity contribution is 7.99. The second-order valence-electron chi connectivity index (χ2n) is 6.54. The fraction of sp³-hybridized carbons (Fsp3) is 0.190. The molecule has 0 saturated heterocycles. The smallest absolute Gasteiger partial charge is 0.296 e. The molecule has 152 valence electrons. The lowest BCUT2D eigenvalue weighted by molar-refractivity contribution is -0.113. The van der Waals surface area contributed by atoms with E-state index in [1.807, 2.05) is 54.6 Å². The van der Waals surface area contributed by atoms with Crippen molar-refractivity contribution in [2.75, 3.05) is 11.1 Å². The van der Waals surface area contributed by atoms with Crippen molar-refractivity contribution in [3.05, 3.63) is 60.2 Å². The molecule has 0 aliphatic rings. The number of aryl methyl sites for hydroxylation is 1. The molecule has 2 aromatic heterocycles. The molecule has 0 bridgehead atoms. The van der Waals surface area contributed by atoms with Crippen molar-refractivity contribution < 1.29 is 9.32 Å². The van der Waals surface area contributed by atoms with E-state index < -0.39 is 0 Å². The van der Waals surface area contributed by atoms with Crippen LogP contribution in [0.4, 0.5) is 5.69 Å². The Kier molecular flexibility index (Phi) is 5.89. The first-order valence-electron chi connectivity index (χ1n) is 9.44. The van der Waals surface area contributed by atoms with Gasteiger partial charge in [0.25, 0.3) is 5.89 Å². The highest BCUT2D eigenvalue weighted by atomic mass is 32.2. The van der Waals surface area contributed by atoms with Crippen molar-refractivity contribution in [3.63, 3.8) is 0 Å². The Morgan fingerprint density at radius 1 is 1.10 bits per heavy atom. The van der Waals surface area contributed by atoms with Crippen LogP contribution in [-0.4, -0.2) is 36.6 Å². The van der Waals surface area contributed by atoms with Crippen LogP contribution in [0.3, 0.4) is 0 Å². The molecule has 4 aromatic rings. The molecule has 30 heavy (non-hydrogen) atoms. The van der Waals surface area contributed by atoms with Gasteiger partial charge in [0.2, 0.25) is 17.6 Å². The summed E-state index contributed by atoms with van der Waals surface area (Å²) in [4.78, 5) is 16.7. The molecule has 8 nitrogen and oxygen atoms in total. The van der Waals surface area contributed by atoms with Crippen LogP contribution in [0.15, 0.2) is 64.3 Å². The zero-order valence-electron chi connectivity index (χ0n) is 16.6. The summed E-state index contributed by atoms with van der Waals surface area (Å²) < 4.78 is 7.08. The molecular formula is C21H20N6O2S. The van der Waals surface area contributed by atoms with Crippen LogP contribution in [-0.2, 0) is 18.3 Å². The van der Waals surface area contributed by atoms with Gasteiger partial charge in [-0.3, -0.25) is 4.79 Å². The molecule has 0 radical (unpaired) electrons. The van der Waals surface area contributed by atoms with Gasteiger partial charge in [0.1, 0.15) is 0 Å². The molecule has 0 saturated carbocycles. The molecule has 0 fully saturated rings. The van der Waals surface area contributed by atoms with E-state index in [2.05, 4.69) is 32.6 Å². The first-order valence-corrected chi connectivity index (χ1v) is 10.4. The van der Waals surface area contributed by atoms with Crippen LogP contribution < -0.4 is 5.32 Å². The van der Waals surface area contributed by atoms with Crippen molar-refractivity contribution in [2.24, 2.45) is 7.05 Å².